The van der Waals surface area contributed by atoms with E-state index in [1.165, 1.54) is 14.6 Å². The van der Waals surface area contributed by atoms with Crippen LogP contribution in [-0.2, 0) is 0 Å². The molecule has 0 spiro atoms. The van der Waals surface area contributed by atoms with E-state index in [0.29, 0.717) is 6.04 Å². The quantitative estimate of drug-likeness (QED) is 0.584. The van der Waals surface area contributed by atoms with Gasteiger partial charge in [0.1, 0.15) is 4.38 Å². The Hall–Kier alpha value is 1.10. The Balaban J connectivity index is 2.40. The Morgan fingerprint density at radius 1 is 1.75 bits per heavy atom. The highest BCUT2D eigenvalue weighted by molar-refractivity contribution is 14.1. The number of alkyl halides is 1. The first-order chi connectivity index (χ1) is 5.76. The molecule has 0 aliphatic carbocycles. The highest BCUT2D eigenvalue weighted by Gasteiger charge is 2.21. The molecule has 70 valence electrons. The molecule has 0 aromatic carbocycles. The Bertz CT molecular complexity index is 172. The average Bonchev–Trinajstić information content (AvgIpc) is 2.52. The van der Waals surface area contributed by atoms with Crippen molar-refractivity contribution in [1.29, 1.82) is 0 Å². The minimum atomic E-state index is 0.507. The molecule has 0 radical (unpaired) electrons. The van der Waals surface area contributed by atoms with E-state index < -0.39 is 0 Å². The number of hydrogen-bond acceptors (Lipinski definition) is 3. The summed E-state index contributed by atoms with van der Waals surface area (Å²) in [5, 5.41) is 0.804. The van der Waals surface area contributed by atoms with Gasteiger partial charge in [-0.1, -0.05) is 53.0 Å². The first-order valence-electron chi connectivity index (χ1n) is 4.19. The van der Waals surface area contributed by atoms with Crippen molar-refractivity contribution in [2.75, 3.05) is 10.2 Å². The van der Waals surface area contributed by atoms with Crippen LogP contribution in [0, 0.1) is 0 Å². The minimum absolute atomic E-state index is 0.507. The molecule has 2 atom stereocenters. The normalized spacial score (nSPS) is 29.6. The van der Waals surface area contributed by atoms with Crippen molar-refractivity contribution >= 4 is 50.5 Å². The maximum Gasteiger partial charge on any atom is 0.125 e. The van der Waals surface area contributed by atoms with Crippen molar-refractivity contribution in [3.63, 3.8) is 0 Å². The third kappa shape index (κ3) is 3.46. The van der Waals surface area contributed by atoms with Crippen LogP contribution in [0.1, 0.15) is 20.3 Å². The molecule has 12 heavy (non-hydrogen) atoms. The van der Waals surface area contributed by atoms with Crippen molar-refractivity contribution in [1.82, 2.24) is 0 Å². The zero-order valence-electron chi connectivity index (χ0n) is 7.42. The first kappa shape index (κ1) is 11.2. The van der Waals surface area contributed by atoms with E-state index in [-0.39, 0.29) is 0 Å². The lowest BCUT2D eigenvalue weighted by Crippen LogP contribution is -2.01. The molecule has 4 heteroatoms. The summed E-state index contributed by atoms with van der Waals surface area (Å²) in [5.41, 5.74) is 0. The maximum atomic E-state index is 4.63. The van der Waals surface area contributed by atoms with Crippen LogP contribution in [0.3, 0.4) is 0 Å². The number of rotatable bonds is 3. The summed E-state index contributed by atoms with van der Waals surface area (Å²) in [7, 11) is 0. The molecule has 0 aromatic rings. The fourth-order valence-electron chi connectivity index (χ4n) is 0.790. The van der Waals surface area contributed by atoms with Crippen LogP contribution < -0.4 is 0 Å². The van der Waals surface area contributed by atoms with Gasteiger partial charge in [0.2, 0.25) is 0 Å². The van der Waals surface area contributed by atoms with Gasteiger partial charge in [0, 0.05) is 21.5 Å². The van der Waals surface area contributed by atoms with Gasteiger partial charge in [-0.3, -0.25) is 4.99 Å². The summed E-state index contributed by atoms with van der Waals surface area (Å²) < 4.78 is 2.56. The smallest absolute Gasteiger partial charge is 0.125 e. The van der Waals surface area contributed by atoms with E-state index in [1.807, 2.05) is 23.5 Å². The maximum absolute atomic E-state index is 4.63. The third-order valence-electron chi connectivity index (χ3n) is 1.75. The first-order valence-corrected chi connectivity index (χ1v) is 7.58. The van der Waals surface area contributed by atoms with Crippen molar-refractivity contribution < 1.29 is 0 Å². The Kier molecular flexibility index (Phi) is 5.36. The number of hydrogen-bond donors (Lipinski definition) is 0. The van der Waals surface area contributed by atoms with E-state index in [4.69, 9.17) is 0 Å². The van der Waals surface area contributed by atoms with E-state index >= 15 is 0 Å². The van der Waals surface area contributed by atoms with Gasteiger partial charge in [-0.15, -0.1) is 0 Å². The van der Waals surface area contributed by atoms with Crippen LogP contribution in [0.15, 0.2) is 4.99 Å². The lowest BCUT2D eigenvalue weighted by molar-refractivity contribution is 0.721. The molecule has 1 nitrogen and oxygen atoms in total. The molecule has 1 aliphatic heterocycles. The summed E-state index contributed by atoms with van der Waals surface area (Å²) >= 11 is 6.34. The van der Waals surface area contributed by atoms with Crippen LogP contribution in [0.2, 0.25) is 0 Å². The predicted molar refractivity (Wildman–Crippen MR) is 69.9 cm³/mol. The second kappa shape index (κ2) is 5.75. The van der Waals surface area contributed by atoms with E-state index in [9.17, 15) is 0 Å². The molecule has 2 unspecified atom stereocenters. The van der Waals surface area contributed by atoms with Gasteiger partial charge in [0.05, 0.1) is 0 Å². The summed E-state index contributed by atoms with van der Waals surface area (Å²) in [5.74, 6) is 1.25. The third-order valence-corrected chi connectivity index (χ3v) is 6.16. The van der Waals surface area contributed by atoms with Crippen LogP contribution >= 0.6 is 46.1 Å². The monoisotopic (exact) mass is 315 g/mol. The van der Waals surface area contributed by atoms with Gasteiger partial charge in [-0.05, 0) is 13.3 Å². The van der Waals surface area contributed by atoms with Gasteiger partial charge in [0.15, 0.2) is 0 Å². The van der Waals surface area contributed by atoms with E-state index in [0.717, 1.165) is 11.7 Å². The summed E-state index contributed by atoms with van der Waals surface area (Å²) in [6.45, 7) is 4.38. The molecule has 0 bridgehead atoms. The van der Waals surface area contributed by atoms with Gasteiger partial charge in [0.25, 0.3) is 0 Å². The number of nitrogens with zero attached hydrogens (tertiary/aromatic N) is 1. The Morgan fingerprint density at radius 3 is 3.00 bits per heavy atom. The van der Waals surface area contributed by atoms with Crippen LogP contribution in [0.5, 0.6) is 0 Å². The number of aliphatic imine (C=N–C) groups is 1. The predicted octanol–water partition coefficient (Wildman–Crippen LogP) is 3.42. The molecule has 1 heterocycles. The topological polar surface area (TPSA) is 12.4 Å². The number of halogens is 1. The highest BCUT2D eigenvalue weighted by atomic mass is 127. The van der Waals surface area contributed by atoms with Gasteiger partial charge < -0.3 is 0 Å². The van der Waals surface area contributed by atoms with Gasteiger partial charge >= 0.3 is 0 Å². The fraction of sp³-hybridized carbons (Fsp3) is 0.875. The van der Waals surface area contributed by atoms with E-state index in [2.05, 4.69) is 41.4 Å². The molecule has 0 aromatic heterocycles. The van der Waals surface area contributed by atoms with Crippen LogP contribution in [0.4, 0.5) is 0 Å². The summed E-state index contributed by atoms with van der Waals surface area (Å²) in [6.07, 6.45) is 1.15. The van der Waals surface area contributed by atoms with Crippen LogP contribution in [-0.4, -0.2) is 25.8 Å². The zero-order chi connectivity index (χ0) is 8.97. The summed E-state index contributed by atoms with van der Waals surface area (Å²) in [4.78, 5) is 4.63. The Labute approximate surface area is 96.7 Å². The largest absolute Gasteiger partial charge is 0.269 e. The van der Waals surface area contributed by atoms with Crippen molar-refractivity contribution in [2.24, 2.45) is 4.99 Å². The minimum Gasteiger partial charge on any atom is -0.269 e. The second-order valence-corrected chi connectivity index (χ2v) is 6.29. The van der Waals surface area contributed by atoms with Crippen molar-refractivity contribution in [3.8, 4) is 0 Å². The lowest BCUT2D eigenvalue weighted by Gasteiger charge is -2.02. The molecule has 1 rings (SSSR count). The molecular formula is C8H14INS2. The highest BCUT2D eigenvalue weighted by Crippen LogP contribution is 2.34. The van der Waals surface area contributed by atoms with Crippen molar-refractivity contribution in [2.45, 2.75) is 31.6 Å². The second-order valence-electron chi connectivity index (χ2n) is 2.86. The fourth-order valence-corrected chi connectivity index (χ4v) is 4.71. The molecular weight excluding hydrogens is 301 g/mol. The molecule has 1 fully saturated rings. The number of thioether (sulfide) groups is 2. The zero-order valence-corrected chi connectivity index (χ0v) is 11.2. The van der Waals surface area contributed by atoms with E-state index in [1.54, 1.807) is 0 Å². The van der Waals surface area contributed by atoms with Gasteiger partial charge in [-0.25, -0.2) is 0 Å². The van der Waals surface area contributed by atoms with Crippen LogP contribution in [0.25, 0.3) is 0 Å². The molecule has 0 N–H and O–H groups in total. The Morgan fingerprint density at radius 2 is 2.50 bits per heavy atom. The molecule has 0 saturated carbocycles. The molecule has 1 saturated heterocycles. The molecule has 0 amide bonds. The molecule has 1 aliphatic rings. The standard InChI is InChI=1S/C8H14INS2/c1-3-6(2)10-8-11-5-7(4-9)12-8/h6-7H,3-5H2,1-2H3. The summed E-state index contributed by atoms with van der Waals surface area (Å²) in [6, 6.07) is 0.507. The average molecular weight is 315 g/mol. The lowest BCUT2D eigenvalue weighted by atomic mass is 10.3. The SMILES string of the molecule is CCC(C)N=C1SCC(CI)S1. The van der Waals surface area contributed by atoms with Crippen molar-refractivity contribution in [3.05, 3.63) is 0 Å². The van der Waals surface area contributed by atoms with Gasteiger partial charge in [-0.2, -0.15) is 0 Å².